The monoisotopic (exact) mass is 715 g/mol. The molecule has 2 aliphatic heterocycles. The fourth-order valence-electron chi connectivity index (χ4n) is 7.14. The molecule has 0 bridgehead atoms. The van der Waals surface area contributed by atoms with Crippen LogP contribution in [0.3, 0.4) is 0 Å². The lowest BCUT2D eigenvalue weighted by Gasteiger charge is -2.34. The van der Waals surface area contributed by atoms with Crippen LogP contribution in [0.2, 0.25) is 0 Å². The quantitative estimate of drug-likeness (QED) is 0.103. The van der Waals surface area contributed by atoms with Gasteiger partial charge < -0.3 is 39.4 Å². The van der Waals surface area contributed by atoms with Gasteiger partial charge in [0.1, 0.15) is 11.3 Å². The summed E-state index contributed by atoms with van der Waals surface area (Å²) in [5.41, 5.74) is 9.24. The number of fused-ring (bicyclic) bond motifs is 1. The number of benzene rings is 4. The van der Waals surface area contributed by atoms with Gasteiger partial charge in [-0.3, -0.25) is 0 Å². The molecule has 9 heteroatoms. The Morgan fingerprint density at radius 3 is 1.74 bits per heavy atom. The maximum atomic E-state index is 6.16. The minimum atomic E-state index is 0.643. The maximum absolute atomic E-state index is 6.16. The van der Waals surface area contributed by atoms with Crippen molar-refractivity contribution >= 4 is 22.5 Å². The highest BCUT2D eigenvalue weighted by Crippen LogP contribution is 2.28. The first-order valence-corrected chi connectivity index (χ1v) is 19.6. The zero-order valence-corrected chi connectivity index (χ0v) is 31.7. The molecular weight excluding hydrogens is 659 g/mol. The number of nitrogens with zero attached hydrogens (tertiary/aromatic N) is 5. The van der Waals surface area contributed by atoms with Gasteiger partial charge in [-0.25, -0.2) is 4.98 Å². The number of rotatable bonds is 17. The van der Waals surface area contributed by atoms with E-state index in [-0.39, 0.29) is 0 Å². The van der Waals surface area contributed by atoms with Crippen molar-refractivity contribution in [2.75, 3.05) is 95.9 Å². The van der Waals surface area contributed by atoms with E-state index in [2.05, 4.69) is 117 Å². The Hall–Kier alpha value is -4.41. The van der Waals surface area contributed by atoms with Crippen LogP contribution in [0.1, 0.15) is 36.0 Å². The Labute approximate surface area is 315 Å². The highest BCUT2D eigenvalue weighted by atomic mass is 16.5. The van der Waals surface area contributed by atoms with Gasteiger partial charge in [0.15, 0.2) is 5.58 Å². The largest absolute Gasteiger partial charge is 0.493 e. The van der Waals surface area contributed by atoms with Gasteiger partial charge in [-0.2, -0.15) is 0 Å². The van der Waals surface area contributed by atoms with Crippen LogP contribution in [0, 0.1) is 0 Å². The van der Waals surface area contributed by atoms with E-state index >= 15 is 0 Å². The van der Waals surface area contributed by atoms with E-state index in [0.29, 0.717) is 12.5 Å². The number of ether oxygens (including phenoxy) is 1. The van der Waals surface area contributed by atoms with E-state index in [1.54, 1.807) is 0 Å². The molecule has 3 heterocycles. The van der Waals surface area contributed by atoms with E-state index in [1.165, 1.54) is 28.1 Å². The molecule has 2 N–H and O–H groups in total. The topological polar surface area (TPSA) is 72.3 Å². The molecule has 2 aliphatic rings. The third-order valence-electron chi connectivity index (χ3n) is 10.7. The Morgan fingerprint density at radius 2 is 1.15 bits per heavy atom. The lowest BCUT2D eigenvalue weighted by Crippen LogP contribution is -2.44. The van der Waals surface area contributed by atoms with Crippen LogP contribution in [0.5, 0.6) is 5.75 Å². The summed E-state index contributed by atoms with van der Waals surface area (Å²) < 4.78 is 12.2. The zero-order valence-electron chi connectivity index (χ0n) is 31.7. The summed E-state index contributed by atoms with van der Waals surface area (Å²) in [6, 6.07) is 32.6. The normalized spacial score (nSPS) is 15.7. The second-order valence-electron chi connectivity index (χ2n) is 14.8. The standard InChI is InChI=1S/C44H57N7O2/c1-48-23-27-50(28-24-48)39-15-9-36(10-16-39)33-45-21-4-3-6-35-7-13-38(14-8-35)44-47-42-20-19-41(32-43(42)53-44)52-31-5-22-46-34-37-11-17-40(18-12-37)51-29-25-49(2)26-30-51/h7-20,32,45-46H,3-6,21-31,33-34H2,1-2H3. The molecule has 0 aliphatic carbocycles. The highest BCUT2D eigenvalue weighted by Gasteiger charge is 2.15. The molecule has 53 heavy (non-hydrogen) atoms. The molecule has 0 saturated carbocycles. The smallest absolute Gasteiger partial charge is 0.227 e. The van der Waals surface area contributed by atoms with Gasteiger partial charge in [-0.1, -0.05) is 36.4 Å². The number of hydrogen-bond donors (Lipinski definition) is 2. The summed E-state index contributed by atoms with van der Waals surface area (Å²) in [5, 5.41) is 7.17. The van der Waals surface area contributed by atoms with Crippen molar-refractivity contribution in [1.82, 2.24) is 25.4 Å². The minimum Gasteiger partial charge on any atom is -0.493 e. The van der Waals surface area contributed by atoms with Crippen molar-refractivity contribution in [2.24, 2.45) is 0 Å². The Kier molecular flexibility index (Phi) is 12.9. The van der Waals surface area contributed by atoms with Gasteiger partial charge in [0.2, 0.25) is 5.89 Å². The molecule has 0 spiro atoms. The number of likely N-dealkylation sites (N-methyl/N-ethyl adjacent to an activating group) is 2. The van der Waals surface area contributed by atoms with Crippen molar-refractivity contribution in [1.29, 1.82) is 0 Å². The number of aromatic nitrogens is 1. The number of oxazole rings is 1. The van der Waals surface area contributed by atoms with Crippen molar-refractivity contribution in [3.05, 3.63) is 108 Å². The lowest BCUT2D eigenvalue weighted by molar-refractivity contribution is 0.308. The predicted molar refractivity (Wildman–Crippen MR) is 218 cm³/mol. The third kappa shape index (κ3) is 10.6. The summed E-state index contributed by atoms with van der Waals surface area (Å²) in [7, 11) is 4.39. The molecular formula is C44H57N7O2. The first-order valence-electron chi connectivity index (χ1n) is 19.6. The van der Waals surface area contributed by atoms with Gasteiger partial charge in [0.25, 0.3) is 0 Å². The number of unbranched alkanes of at least 4 members (excludes halogenated alkanes) is 1. The number of nitrogens with one attached hydrogen (secondary N) is 2. The van der Waals surface area contributed by atoms with Crippen molar-refractivity contribution in [3.63, 3.8) is 0 Å². The summed E-state index contributed by atoms with van der Waals surface area (Å²) in [6.45, 7) is 13.3. The number of piperazine rings is 2. The van der Waals surface area contributed by atoms with Gasteiger partial charge in [-0.15, -0.1) is 0 Å². The first kappa shape index (κ1) is 36.9. The van der Waals surface area contributed by atoms with Crippen LogP contribution in [-0.4, -0.2) is 101 Å². The Morgan fingerprint density at radius 1 is 0.604 bits per heavy atom. The average molecular weight is 716 g/mol. The molecule has 1 aromatic heterocycles. The molecule has 9 nitrogen and oxygen atoms in total. The number of hydrogen-bond acceptors (Lipinski definition) is 9. The molecule has 2 fully saturated rings. The molecule has 5 aromatic rings. The summed E-state index contributed by atoms with van der Waals surface area (Å²) in [6.07, 6.45) is 4.30. The molecule has 0 amide bonds. The van der Waals surface area contributed by atoms with Gasteiger partial charge in [-0.05, 0) is 118 Å². The van der Waals surface area contributed by atoms with Crippen LogP contribution in [0.4, 0.5) is 11.4 Å². The van der Waals surface area contributed by atoms with Crippen molar-refractivity contribution in [2.45, 2.75) is 38.8 Å². The van der Waals surface area contributed by atoms with Crippen LogP contribution >= 0.6 is 0 Å². The lowest BCUT2D eigenvalue weighted by atomic mass is 10.1. The maximum Gasteiger partial charge on any atom is 0.227 e. The van der Waals surface area contributed by atoms with E-state index in [0.717, 1.165) is 127 Å². The summed E-state index contributed by atoms with van der Waals surface area (Å²) >= 11 is 0. The molecule has 4 aromatic carbocycles. The third-order valence-corrected chi connectivity index (χ3v) is 10.7. The number of anilines is 2. The minimum absolute atomic E-state index is 0.643. The van der Waals surface area contributed by atoms with E-state index in [4.69, 9.17) is 14.1 Å². The van der Waals surface area contributed by atoms with Gasteiger partial charge in [0, 0.05) is 88.5 Å². The number of aryl methyl sites for hydroxylation is 1. The van der Waals surface area contributed by atoms with Gasteiger partial charge in [0.05, 0.1) is 6.61 Å². The van der Waals surface area contributed by atoms with Crippen LogP contribution < -0.4 is 25.2 Å². The van der Waals surface area contributed by atoms with Crippen LogP contribution in [-0.2, 0) is 19.5 Å². The SMILES string of the molecule is CN1CCN(c2ccc(CNCCCCc3ccc(-c4nc5ccc(OCCCNCc6ccc(N7CCN(C)CC7)cc6)cc5o4)cc3)cc2)CC1. The van der Waals surface area contributed by atoms with E-state index in [9.17, 15) is 0 Å². The summed E-state index contributed by atoms with van der Waals surface area (Å²) in [4.78, 5) is 14.5. The van der Waals surface area contributed by atoms with Crippen molar-refractivity contribution in [3.8, 4) is 17.2 Å². The van der Waals surface area contributed by atoms with E-state index < -0.39 is 0 Å². The van der Waals surface area contributed by atoms with Gasteiger partial charge >= 0.3 is 0 Å². The fraction of sp³-hybridized carbons (Fsp3) is 0.432. The molecule has 0 unspecified atom stereocenters. The Bertz CT molecular complexity index is 1830. The zero-order chi connectivity index (χ0) is 36.2. The van der Waals surface area contributed by atoms with Crippen LogP contribution in [0.25, 0.3) is 22.6 Å². The molecule has 2 saturated heterocycles. The molecule has 0 radical (unpaired) electrons. The van der Waals surface area contributed by atoms with E-state index in [1.807, 2.05) is 18.2 Å². The highest BCUT2D eigenvalue weighted by molar-refractivity contribution is 5.77. The average Bonchev–Trinajstić information content (AvgIpc) is 3.63. The second kappa shape index (κ2) is 18.6. The first-order chi connectivity index (χ1) is 26.1. The fourth-order valence-corrected chi connectivity index (χ4v) is 7.14. The molecule has 7 rings (SSSR count). The predicted octanol–water partition coefficient (Wildman–Crippen LogP) is 6.67. The second-order valence-corrected chi connectivity index (χ2v) is 14.8. The summed E-state index contributed by atoms with van der Waals surface area (Å²) in [5.74, 6) is 1.45. The molecule has 280 valence electrons. The molecule has 0 atom stereocenters. The van der Waals surface area contributed by atoms with Crippen molar-refractivity contribution < 1.29 is 9.15 Å². The Balaban J connectivity index is 0.771. The van der Waals surface area contributed by atoms with Crippen LogP contribution in [0.15, 0.2) is 95.4 Å².